The van der Waals surface area contributed by atoms with E-state index in [9.17, 15) is 52.7 Å². The predicted octanol–water partition coefficient (Wildman–Crippen LogP) is 10.1. The number of unbranched alkanes of at least 4 members (excludes halogenated alkanes) is 1. The highest BCUT2D eigenvalue weighted by molar-refractivity contribution is 5.66. The number of benzene rings is 4. The lowest BCUT2D eigenvalue weighted by Gasteiger charge is -2.20. The molecule has 4 aromatic carbocycles. The van der Waals surface area contributed by atoms with Crippen LogP contribution in [0.1, 0.15) is 42.0 Å². The SMILES string of the molecule is CCCCc1cc(F)c(-c2ccc(C#Cc3cc(F)c(C(F)(F)Oc4cc(F)c(OC(F)(F)F)c(F)c4)c(F)c3)c(F)c2)c(F)c1. The Morgan fingerprint density at radius 3 is 1.74 bits per heavy atom. The quantitative estimate of drug-likeness (QED) is 0.138. The zero-order chi connectivity index (χ0) is 34.0. The van der Waals surface area contributed by atoms with Gasteiger partial charge in [0, 0.05) is 17.7 Å². The molecule has 0 aliphatic rings. The van der Waals surface area contributed by atoms with Gasteiger partial charge in [0.25, 0.3) is 0 Å². The average molecular weight is 662 g/mol. The molecule has 0 radical (unpaired) electrons. The summed E-state index contributed by atoms with van der Waals surface area (Å²) >= 11 is 0. The maximum Gasteiger partial charge on any atom is 0.573 e. The normalized spacial score (nSPS) is 11.7. The van der Waals surface area contributed by atoms with Crippen LogP contribution in [0, 0.1) is 52.6 Å². The van der Waals surface area contributed by atoms with Crippen LogP contribution in [0.3, 0.4) is 0 Å². The van der Waals surface area contributed by atoms with Crippen LogP contribution in [-0.2, 0) is 12.5 Å². The molecule has 0 saturated carbocycles. The summed E-state index contributed by atoms with van der Waals surface area (Å²) in [6, 6.07) is 5.61. The molecule has 46 heavy (non-hydrogen) atoms. The van der Waals surface area contributed by atoms with Gasteiger partial charge in [0.05, 0.1) is 11.1 Å². The largest absolute Gasteiger partial charge is 0.573 e. The summed E-state index contributed by atoms with van der Waals surface area (Å²) in [7, 11) is 0. The van der Waals surface area contributed by atoms with Crippen LogP contribution in [0.2, 0.25) is 0 Å². The molecule has 2 nitrogen and oxygen atoms in total. The maximum absolute atomic E-state index is 14.8. The van der Waals surface area contributed by atoms with Crippen molar-refractivity contribution in [3.8, 4) is 34.5 Å². The molecular weight excluding hydrogens is 644 g/mol. The first-order valence-electron chi connectivity index (χ1n) is 13.1. The van der Waals surface area contributed by atoms with E-state index in [-0.39, 0.29) is 23.3 Å². The standard InChI is InChI=1S/C32H18F12O2/c1-2-3-4-16-9-22(34)28(23(35)10-16)19-8-7-18(21(33)13-19)6-5-17-11-24(36)29(25(37)12-17)31(40,41)45-20-14-26(38)30(27(39)15-20)46-32(42,43)44/h7-15H,2-4H2,1H3. The molecular formula is C32H18F12O2. The van der Waals surface area contributed by atoms with E-state index in [0.717, 1.165) is 36.8 Å². The number of hydrogen-bond acceptors (Lipinski definition) is 2. The fourth-order valence-electron chi connectivity index (χ4n) is 4.27. The third kappa shape index (κ3) is 7.88. The summed E-state index contributed by atoms with van der Waals surface area (Å²) in [5.74, 6) is -10.1. The minimum Gasteiger partial charge on any atom is -0.429 e. The summed E-state index contributed by atoms with van der Waals surface area (Å²) in [6.45, 7) is 1.91. The van der Waals surface area contributed by atoms with Gasteiger partial charge in [-0.1, -0.05) is 31.3 Å². The van der Waals surface area contributed by atoms with E-state index in [1.165, 1.54) is 0 Å². The van der Waals surface area contributed by atoms with Crippen molar-refractivity contribution in [2.24, 2.45) is 0 Å². The van der Waals surface area contributed by atoms with E-state index in [1.807, 2.05) is 6.92 Å². The van der Waals surface area contributed by atoms with Crippen LogP contribution < -0.4 is 9.47 Å². The smallest absolute Gasteiger partial charge is 0.429 e. The number of ether oxygens (including phenoxy) is 2. The van der Waals surface area contributed by atoms with Crippen LogP contribution in [0.5, 0.6) is 11.5 Å². The van der Waals surface area contributed by atoms with Crippen molar-refractivity contribution in [1.82, 2.24) is 0 Å². The monoisotopic (exact) mass is 662 g/mol. The van der Waals surface area contributed by atoms with Crippen LogP contribution >= 0.6 is 0 Å². The highest BCUT2D eigenvalue weighted by Gasteiger charge is 2.42. The fourth-order valence-corrected chi connectivity index (χ4v) is 4.27. The lowest BCUT2D eigenvalue weighted by molar-refractivity contribution is -0.276. The highest BCUT2D eigenvalue weighted by atomic mass is 19.4. The Balaban J connectivity index is 1.57. The Kier molecular flexibility index (Phi) is 9.84. The molecule has 0 N–H and O–H groups in total. The van der Waals surface area contributed by atoms with E-state index < -0.39 is 81.4 Å². The van der Waals surface area contributed by atoms with Crippen LogP contribution in [0.4, 0.5) is 52.7 Å². The summed E-state index contributed by atoms with van der Waals surface area (Å²) in [5, 5.41) is 0. The van der Waals surface area contributed by atoms with Crippen molar-refractivity contribution in [2.45, 2.75) is 38.7 Å². The second kappa shape index (κ2) is 13.3. The van der Waals surface area contributed by atoms with Gasteiger partial charge < -0.3 is 9.47 Å². The van der Waals surface area contributed by atoms with Crippen molar-refractivity contribution in [3.05, 3.63) is 118 Å². The minimum absolute atomic E-state index is 0.126. The van der Waals surface area contributed by atoms with Gasteiger partial charge in [-0.25, -0.2) is 30.7 Å². The third-order valence-electron chi connectivity index (χ3n) is 6.29. The van der Waals surface area contributed by atoms with E-state index in [4.69, 9.17) is 0 Å². The maximum atomic E-state index is 14.8. The molecule has 0 aliphatic carbocycles. The molecule has 4 rings (SSSR count). The van der Waals surface area contributed by atoms with Gasteiger partial charge in [-0.05, 0) is 60.4 Å². The lowest BCUT2D eigenvalue weighted by Crippen LogP contribution is -2.25. The van der Waals surface area contributed by atoms with Crippen molar-refractivity contribution in [2.75, 3.05) is 0 Å². The molecule has 14 heteroatoms. The van der Waals surface area contributed by atoms with Gasteiger partial charge in [0.1, 0.15) is 40.4 Å². The first-order valence-corrected chi connectivity index (χ1v) is 13.1. The molecule has 0 unspecified atom stereocenters. The average Bonchev–Trinajstić information content (AvgIpc) is 2.92. The zero-order valence-corrected chi connectivity index (χ0v) is 23.2. The van der Waals surface area contributed by atoms with Gasteiger partial charge >= 0.3 is 12.5 Å². The van der Waals surface area contributed by atoms with Crippen molar-refractivity contribution in [1.29, 1.82) is 0 Å². The zero-order valence-electron chi connectivity index (χ0n) is 23.2. The summed E-state index contributed by atoms with van der Waals surface area (Å²) in [6.07, 6.45) is -8.53. The minimum atomic E-state index is -5.53. The first kappa shape index (κ1) is 34.1. The van der Waals surface area contributed by atoms with Crippen LogP contribution in [0.15, 0.2) is 54.6 Å². The Bertz CT molecular complexity index is 1770. The highest BCUT2D eigenvalue weighted by Crippen LogP contribution is 2.38. The summed E-state index contributed by atoms with van der Waals surface area (Å²) < 4.78 is 174. The van der Waals surface area contributed by atoms with Crippen molar-refractivity contribution < 1.29 is 62.2 Å². The van der Waals surface area contributed by atoms with E-state index in [1.54, 1.807) is 0 Å². The number of aryl methyl sites for hydroxylation is 1. The summed E-state index contributed by atoms with van der Waals surface area (Å²) in [5.41, 5.74) is -3.23. The number of alkyl halides is 5. The van der Waals surface area contributed by atoms with Crippen LogP contribution in [-0.4, -0.2) is 6.36 Å². The molecule has 0 aliphatic heterocycles. The predicted molar refractivity (Wildman–Crippen MR) is 140 cm³/mol. The molecule has 0 aromatic heterocycles. The van der Waals surface area contributed by atoms with Gasteiger partial charge in [-0.15, -0.1) is 13.2 Å². The van der Waals surface area contributed by atoms with E-state index in [2.05, 4.69) is 21.3 Å². The van der Waals surface area contributed by atoms with E-state index >= 15 is 0 Å². The summed E-state index contributed by atoms with van der Waals surface area (Å²) in [4.78, 5) is 0. The molecule has 0 spiro atoms. The molecule has 4 aromatic rings. The second-order valence-corrected chi connectivity index (χ2v) is 9.68. The molecule has 0 atom stereocenters. The fraction of sp³-hybridized carbons (Fsp3) is 0.188. The van der Waals surface area contributed by atoms with E-state index in [0.29, 0.717) is 30.5 Å². The Labute approximate surface area is 253 Å². The van der Waals surface area contributed by atoms with Gasteiger partial charge in [-0.2, -0.15) is 8.78 Å². The first-order chi connectivity index (χ1) is 21.5. The topological polar surface area (TPSA) is 18.5 Å². The second-order valence-electron chi connectivity index (χ2n) is 9.68. The number of halogens is 12. The lowest BCUT2D eigenvalue weighted by atomic mass is 9.99. The Hall–Kier alpha value is -4.80. The Morgan fingerprint density at radius 2 is 1.22 bits per heavy atom. The van der Waals surface area contributed by atoms with Gasteiger partial charge in [0.15, 0.2) is 11.6 Å². The van der Waals surface area contributed by atoms with Crippen molar-refractivity contribution >= 4 is 0 Å². The number of hydrogen-bond donors (Lipinski definition) is 0. The molecule has 0 heterocycles. The molecule has 0 amide bonds. The van der Waals surface area contributed by atoms with Gasteiger partial charge in [-0.3, -0.25) is 0 Å². The molecule has 0 bridgehead atoms. The Morgan fingerprint density at radius 1 is 0.630 bits per heavy atom. The number of rotatable bonds is 8. The van der Waals surface area contributed by atoms with Crippen molar-refractivity contribution in [3.63, 3.8) is 0 Å². The molecule has 0 fully saturated rings. The molecule has 0 saturated heterocycles. The van der Waals surface area contributed by atoms with Crippen LogP contribution in [0.25, 0.3) is 11.1 Å². The van der Waals surface area contributed by atoms with Gasteiger partial charge in [0.2, 0.25) is 5.75 Å². The third-order valence-corrected chi connectivity index (χ3v) is 6.29. The molecule has 242 valence electrons.